The van der Waals surface area contributed by atoms with Crippen molar-refractivity contribution in [1.29, 1.82) is 0 Å². The maximum Gasteiger partial charge on any atom is 0.264 e. The van der Waals surface area contributed by atoms with Crippen molar-refractivity contribution in [2.75, 3.05) is 7.11 Å². The summed E-state index contributed by atoms with van der Waals surface area (Å²) in [7, 11) is -3.01. The van der Waals surface area contributed by atoms with Crippen LogP contribution in [0.5, 0.6) is 5.88 Å². The number of rotatable bonds is 9. The molecule has 2 amide bonds. The minimum Gasteiger partial charge on any atom is -0.481 e. The number of hydrogen-bond acceptors (Lipinski definition) is 6. The van der Waals surface area contributed by atoms with Gasteiger partial charge >= 0.3 is 0 Å². The summed E-state index contributed by atoms with van der Waals surface area (Å²) in [4.78, 5) is 28.1. The number of pyridine rings is 1. The van der Waals surface area contributed by atoms with Gasteiger partial charge in [-0.15, -0.1) is 0 Å². The van der Waals surface area contributed by atoms with Gasteiger partial charge in [0.25, 0.3) is 10.0 Å². The third-order valence-electron chi connectivity index (χ3n) is 6.12. The SMILES string of the molecule is COc1cc(-c2cc(F)cc(C(C)C)c2CC(=O)NS(=O)(=O)c2ccc(C(C)(C)NC(C)=O)c(F)c2)ccn1. The predicted molar refractivity (Wildman–Crippen MR) is 143 cm³/mol. The maximum absolute atomic E-state index is 14.9. The quantitative estimate of drug-likeness (QED) is 0.397. The van der Waals surface area contributed by atoms with Crippen molar-refractivity contribution < 1.29 is 31.5 Å². The Hall–Kier alpha value is -3.86. The van der Waals surface area contributed by atoms with E-state index in [0.29, 0.717) is 22.3 Å². The van der Waals surface area contributed by atoms with Crippen LogP contribution in [0, 0.1) is 11.6 Å². The van der Waals surface area contributed by atoms with Gasteiger partial charge in [-0.3, -0.25) is 9.59 Å². The highest BCUT2D eigenvalue weighted by Crippen LogP contribution is 2.33. The molecular weight excluding hydrogens is 528 g/mol. The summed E-state index contributed by atoms with van der Waals surface area (Å²) in [5.41, 5.74) is 0.877. The molecule has 11 heteroatoms. The van der Waals surface area contributed by atoms with Gasteiger partial charge in [0.05, 0.1) is 24.0 Å². The molecule has 8 nitrogen and oxygen atoms in total. The molecule has 2 aromatic carbocycles. The summed E-state index contributed by atoms with van der Waals surface area (Å²) in [5.74, 6) is -2.54. The number of carbonyl (C=O) groups is 2. The Morgan fingerprint density at radius 2 is 1.77 bits per heavy atom. The zero-order valence-corrected chi connectivity index (χ0v) is 23.4. The Morgan fingerprint density at radius 3 is 2.36 bits per heavy atom. The molecule has 0 saturated heterocycles. The number of hydrogen-bond donors (Lipinski definition) is 2. The number of methoxy groups -OCH3 is 1. The van der Waals surface area contributed by atoms with Gasteiger partial charge in [0.2, 0.25) is 17.7 Å². The Labute approximate surface area is 226 Å². The third-order valence-corrected chi connectivity index (χ3v) is 7.50. The van der Waals surface area contributed by atoms with Crippen molar-refractivity contribution in [2.45, 2.75) is 57.4 Å². The van der Waals surface area contributed by atoms with Crippen LogP contribution < -0.4 is 14.8 Å². The second-order valence-corrected chi connectivity index (χ2v) is 11.6. The monoisotopic (exact) mass is 559 g/mol. The summed E-state index contributed by atoms with van der Waals surface area (Å²) in [6.07, 6.45) is 1.09. The Bertz CT molecular complexity index is 1520. The molecule has 0 spiro atoms. The second kappa shape index (κ2) is 11.5. The average Bonchev–Trinajstić information content (AvgIpc) is 2.83. The predicted octanol–water partition coefficient (Wildman–Crippen LogP) is 4.58. The van der Waals surface area contributed by atoms with Gasteiger partial charge in [-0.1, -0.05) is 19.9 Å². The van der Waals surface area contributed by atoms with E-state index in [-0.39, 0.29) is 29.7 Å². The number of carbonyl (C=O) groups excluding carboxylic acids is 2. The van der Waals surface area contributed by atoms with Crippen LogP contribution >= 0.6 is 0 Å². The number of nitrogens with zero attached hydrogens (tertiary/aromatic N) is 1. The first-order valence-corrected chi connectivity index (χ1v) is 13.6. The zero-order valence-electron chi connectivity index (χ0n) is 22.6. The average molecular weight is 560 g/mol. The molecule has 3 rings (SSSR count). The lowest BCUT2D eigenvalue weighted by atomic mass is 9.88. The molecule has 0 aliphatic heterocycles. The Morgan fingerprint density at radius 1 is 1.08 bits per heavy atom. The van der Waals surface area contributed by atoms with Gasteiger partial charge in [-0.05, 0) is 72.4 Å². The maximum atomic E-state index is 14.9. The normalized spacial score (nSPS) is 11.8. The number of amides is 2. The van der Waals surface area contributed by atoms with E-state index < -0.39 is 38.0 Å². The molecule has 39 heavy (non-hydrogen) atoms. The van der Waals surface area contributed by atoms with Crippen LogP contribution in [0.3, 0.4) is 0 Å². The van der Waals surface area contributed by atoms with E-state index in [9.17, 15) is 26.8 Å². The molecule has 0 atom stereocenters. The fourth-order valence-electron chi connectivity index (χ4n) is 4.40. The highest BCUT2D eigenvalue weighted by Gasteiger charge is 2.28. The van der Waals surface area contributed by atoms with Crippen LogP contribution in [-0.2, 0) is 31.6 Å². The number of ether oxygens (including phenoxy) is 1. The van der Waals surface area contributed by atoms with Crippen molar-refractivity contribution in [3.8, 4) is 17.0 Å². The van der Waals surface area contributed by atoms with Crippen molar-refractivity contribution in [3.05, 3.63) is 77.0 Å². The Balaban J connectivity index is 1.95. The topological polar surface area (TPSA) is 114 Å². The zero-order chi connectivity index (χ0) is 29.1. The minimum atomic E-state index is -4.45. The van der Waals surface area contributed by atoms with Gasteiger partial charge < -0.3 is 10.1 Å². The van der Waals surface area contributed by atoms with Crippen molar-refractivity contribution in [3.63, 3.8) is 0 Å². The number of aromatic nitrogens is 1. The summed E-state index contributed by atoms with van der Waals surface area (Å²) in [6, 6.07) is 8.99. The highest BCUT2D eigenvalue weighted by molar-refractivity contribution is 7.90. The van der Waals surface area contributed by atoms with Crippen molar-refractivity contribution in [2.24, 2.45) is 0 Å². The summed E-state index contributed by atoms with van der Waals surface area (Å²) in [5, 5.41) is 2.60. The largest absolute Gasteiger partial charge is 0.481 e. The molecule has 0 fully saturated rings. The van der Waals surface area contributed by atoms with E-state index >= 15 is 0 Å². The van der Waals surface area contributed by atoms with E-state index in [4.69, 9.17) is 4.74 Å². The van der Waals surface area contributed by atoms with Crippen molar-refractivity contribution >= 4 is 21.8 Å². The van der Waals surface area contributed by atoms with Gasteiger partial charge in [0, 0.05) is 24.8 Å². The molecule has 2 N–H and O–H groups in total. The number of nitrogens with one attached hydrogen (secondary N) is 2. The second-order valence-electron chi connectivity index (χ2n) is 9.92. The molecule has 208 valence electrons. The van der Waals surface area contributed by atoms with Crippen LogP contribution in [-0.4, -0.2) is 32.3 Å². The van der Waals surface area contributed by atoms with Gasteiger partial charge in [-0.25, -0.2) is 26.9 Å². The van der Waals surface area contributed by atoms with Crippen LogP contribution in [0.1, 0.15) is 57.2 Å². The summed E-state index contributed by atoms with van der Waals surface area (Å²) < 4.78 is 62.6. The summed E-state index contributed by atoms with van der Waals surface area (Å²) in [6.45, 7) is 8.10. The standard InChI is InChI=1S/C28H31F2N3O5S/c1-16(2)21-12-19(29)13-22(18-9-10-31-27(11-18)38-6)23(21)15-26(35)33-39(36,37)20-7-8-24(25(30)14-20)28(4,5)32-17(3)34/h7-14,16H,15H2,1-6H3,(H,32,34)(H,33,35). The lowest BCUT2D eigenvalue weighted by Gasteiger charge is -2.27. The minimum absolute atomic E-state index is 0.0771. The molecule has 3 aromatic rings. The van der Waals surface area contributed by atoms with E-state index in [1.807, 2.05) is 18.6 Å². The molecular formula is C28H31F2N3O5S. The van der Waals surface area contributed by atoms with E-state index in [0.717, 1.165) is 12.1 Å². The molecule has 1 heterocycles. The smallest absolute Gasteiger partial charge is 0.264 e. The first-order valence-electron chi connectivity index (χ1n) is 12.1. The Kier molecular flexibility index (Phi) is 8.74. The van der Waals surface area contributed by atoms with Crippen LogP contribution in [0.2, 0.25) is 0 Å². The van der Waals surface area contributed by atoms with E-state index in [2.05, 4.69) is 10.3 Å². The van der Waals surface area contributed by atoms with Gasteiger partial charge in [0.1, 0.15) is 11.6 Å². The first-order chi connectivity index (χ1) is 18.1. The number of halogens is 2. The molecule has 0 bridgehead atoms. The van der Waals surface area contributed by atoms with Crippen LogP contribution in [0.25, 0.3) is 11.1 Å². The fraction of sp³-hybridized carbons (Fsp3) is 0.321. The third kappa shape index (κ3) is 6.97. The fourth-order valence-corrected chi connectivity index (χ4v) is 5.39. The molecule has 0 unspecified atom stereocenters. The van der Waals surface area contributed by atoms with Crippen LogP contribution in [0.4, 0.5) is 8.78 Å². The lowest BCUT2D eigenvalue weighted by Crippen LogP contribution is -2.40. The molecule has 0 aliphatic carbocycles. The molecule has 1 aromatic heterocycles. The molecule has 0 saturated carbocycles. The number of benzene rings is 2. The van der Waals surface area contributed by atoms with E-state index in [1.165, 1.54) is 38.4 Å². The molecule has 0 radical (unpaired) electrons. The number of sulfonamides is 1. The van der Waals surface area contributed by atoms with Crippen LogP contribution in [0.15, 0.2) is 53.6 Å². The summed E-state index contributed by atoms with van der Waals surface area (Å²) >= 11 is 0. The van der Waals surface area contributed by atoms with Crippen molar-refractivity contribution in [1.82, 2.24) is 15.0 Å². The van der Waals surface area contributed by atoms with Gasteiger partial charge in [-0.2, -0.15) is 0 Å². The van der Waals surface area contributed by atoms with Gasteiger partial charge in [0.15, 0.2) is 0 Å². The highest BCUT2D eigenvalue weighted by atomic mass is 32.2. The first kappa shape index (κ1) is 29.7. The van der Waals surface area contributed by atoms with E-state index in [1.54, 1.807) is 26.0 Å². The lowest BCUT2D eigenvalue weighted by molar-refractivity contribution is -0.121. The molecule has 0 aliphatic rings.